The fraction of sp³-hybridized carbons (Fsp3) is 0.273. The maximum absolute atomic E-state index is 13.0. The fourth-order valence-electron chi connectivity index (χ4n) is 3.22. The molecule has 0 bridgehead atoms. The average Bonchev–Trinajstić information content (AvgIpc) is 3.12. The van der Waals surface area contributed by atoms with Crippen LogP contribution in [0, 0.1) is 0 Å². The maximum atomic E-state index is 13.0. The van der Waals surface area contributed by atoms with Crippen molar-refractivity contribution in [3.63, 3.8) is 0 Å². The molecule has 1 heterocycles. The Morgan fingerprint density at radius 2 is 1.93 bits per heavy atom. The molecule has 0 radical (unpaired) electrons. The molecule has 28 heavy (non-hydrogen) atoms. The number of hydrogen-bond acceptors (Lipinski definition) is 4. The van der Waals surface area contributed by atoms with Gasteiger partial charge in [0, 0.05) is 37.0 Å². The summed E-state index contributed by atoms with van der Waals surface area (Å²) in [6, 6.07) is 13.0. The van der Waals surface area contributed by atoms with Crippen LogP contribution in [0.2, 0.25) is 0 Å². The monoisotopic (exact) mass is 379 g/mol. The van der Waals surface area contributed by atoms with E-state index in [0.29, 0.717) is 30.9 Å². The molecule has 146 valence electrons. The standard InChI is InChI=1S/C22H25N3O3/c1-24(2)13-7-12-21(26)23-19-10-6-8-16-14-25(15-18(16)19)22(27)17-9-4-5-11-20(17)28-3/h4-12H,13-15H2,1-3H3,(H,23,26)/b12-7+. The largest absolute Gasteiger partial charge is 0.496 e. The van der Waals surface area contributed by atoms with E-state index in [4.69, 9.17) is 4.74 Å². The van der Waals surface area contributed by atoms with Gasteiger partial charge in [-0.2, -0.15) is 0 Å². The Labute approximate surface area is 165 Å². The minimum Gasteiger partial charge on any atom is -0.496 e. The number of rotatable bonds is 6. The van der Waals surface area contributed by atoms with Gasteiger partial charge in [0.1, 0.15) is 5.75 Å². The highest BCUT2D eigenvalue weighted by Crippen LogP contribution is 2.31. The van der Waals surface area contributed by atoms with E-state index in [1.807, 2.05) is 55.4 Å². The van der Waals surface area contributed by atoms with Crippen molar-refractivity contribution in [1.82, 2.24) is 9.80 Å². The lowest BCUT2D eigenvalue weighted by Gasteiger charge is -2.17. The minimum atomic E-state index is -0.176. The van der Waals surface area contributed by atoms with Crippen molar-refractivity contribution in [2.75, 3.05) is 33.1 Å². The summed E-state index contributed by atoms with van der Waals surface area (Å²) in [6.45, 7) is 1.65. The molecule has 2 amide bonds. The quantitative estimate of drug-likeness (QED) is 0.784. The average molecular weight is 379 g/mol. The van der Waals surface area contributed by atoms with Gasteiger partial charge >= 0.3 is 0 Å². The third-order valence-electron chi connectivity index (χ3n) is 4.61. The van der Waals surface area contributed by atoms with Crippen LogP contribution < -0.4 is 10.1 Å². The Balaban J connectivity index is 1.74. The van der Waals surface area contributed by atoms with Gasteiger partial charge in [0.2, 0.25) is 5.91 Å². The second-order valence-corrected chi connectivity index (χ2v) is 6.96. The maximum Gasteiger partial charge on any atom is 0.258 e. The lowest BCUT2D eigenvalue weighted by atomic mass is 10.1. The summed E-state index contributed by atoms with van der Waals surface area (Å²) in [7, 11) is 5.45. The van der Waals surface area contributed by atoms with E-state index in [1.54, 1.807) is 24.1 Å². The van der Waals surface area contributed by atoms with Crippen LogP contribution >= 0.6 is 0 Å². The summed E-state index contributed by atoms with van der Waals surface area (Å²) in [4.78, 5) is 28.9. The zero-order chi connectivity index (χ0) is 20.1. The number of benzene rings is 2. The lowest BCUT2D eigenvalue weighted by molar-refractivity contribution is -0.111. The van der Waals surface area contributed by atoms with E-state index in [9.17, 15) is 9.59 Å². The van der Waals surface area contributed by atoms with Crippen molar-refractivity contribution in [2.45, 2.75) is 13.1 Å². The molecule has 0 saturated carbocycles. The first-order chi connectivity index (χ1) is 13.5. The number of amides is 2. The van der Waals surface area contributed by atoms with Gasteiger partial charge < -0.3 is 19.9 Å². The number of ether oxygens (including phenoxy) is 1. The highest BCUT2D eigenvalue weighted by Gasteiger charge is 2.27. The number of anilines is 1. The summed E-state index contributed by atoms with van der Waals surface area (Å²) in [6.07, 6.45) is 3.35. The van der Waals surface area contributed by atoms with E-state index in [1.165, 1.54) is 6.08 Å². The highest BCUT2D eigenvalue weighted by molar-refractivity contribution is 6.00. The van der Waals surface area contributed by atoms with E-state index in [2.05, 4.69) is 5.32 Å². The number of fused-ring (bicyclic) bond motifs is 1. The number of nitrogens with one attached hydrogen (secondary N) is 1. The van der Waals surface area contributed by atoms with Gasteiger partial charge in [-0.05, 0) is 37.9 Å². The van der Waals surface area contributed by atoms with Gasteiger partial charge in [-0.25, -0.2) is 0 Å². The molecule has 3 rings (SSSR count). The van der Waals surface area contributed by atoms with Crippen LogP contribution in [-0.4, -0.2) is 49.4 Å². The number of para-hydroxylation sites is 1. The Morgan fingerprint density at radius 1 is 1.14 bits per heavy atom. The van der Waals surface area contributed by atoms with E-state index >= 15 is 0 Å². The van der Waals surface area contributed by atoms with Crippen molar-refractivity contribution in [1.29, 1.82) is 0 Å². The predicted molar refractivity (Wildman–Crippen MR) is 109 cm³/mol. The molecule has 6 heteroatoms. The number of likely N-dealkylation sites (N-methyl/N-ethyl adjacent to an activating group) is 1. The molecule has 0 fully saturated rings. The Bertz CT molecular complexity index is 906. The van der Waals surface area contributed by atoms with Crippen LogP contribution in [0.25, 0.3) is 0 Å². The molecular formula is C22H25N3O3. The van der Waals surface area contributed by atoms with Gasteiger partial charge in [0.05, 0.1) is 12.7 Å². The Kier molecular flexibility index (Phi) is 6.11. The molecule has 6 nitrogen and oxygen atoms in total. The molecule has 1 aliphatic heterocycles. The summed E-state index contributed by atoms with van der Waals surface area (Å²) in [5.74, 6) is 0.296. The van der Waals surface area contributed by atoms with Crippen molar-refractivity contribution in [3.05, 3.63) is 71.3 Å². The molecule has 0 aromatic heterocycles. The number of methoxy groups -OCH3 is 1. The van der Waals surface area contributed by atoms with Crippen molar-refractivity contribution in [3.8, 4) is 5.75 Å². The zero-order valence-corrected chi connectivity index (χ0v) is 16.4. The van der Waals surface area contributed by atoms with E-state index < -0.39 is 0 Å². The second-order valence-electron chi connectivity index (χ2n) is 6.96. The van der Waals surface area contributed by atoms with Crippen LogP contribution in [0.5, 0.6) is 5.75 Å². The number of carbonyl (C=O) groups excluding carboxylic acids is 2. The van der Waals surface area contributed by atoms with Gasteiger partial charge in [-0.1, -0.05) is 30.3 Å². The van der Waals surface area contributed by atoms with Gasteiger partial charge in [0.25, 0.3) is 5.91 Å². The van der Waals surface area contributed by atoms with Crippen molar-refractivity contribution < 1.29 is 14.3 Å². The van der Waals surface area contributed by atoms with Gasteiger partial charge in [-0.3, -0.25) is 9.59 Å². The van der Waals surface area contributed by atoms with Crippen LogP contribution in [0.1, 0.15) is 21.5 Å². The van der Waals surface area contributed by atoms with Gasteiger partial charge in [-0.15, -0.1) is 0 Å². The second kappa shape index (κ2) is 8.71. The highest BCUT2D eigenvalue weighted by atomic mass is 16.5. The minimum absolute atomic E-state index is 0.0863. The first-order valence-corrected chi connectivity index (χ1v) is 9.15. The molecule has 0 saturated heterocycles. The third kappa shape index (κ3) is 4.40. The molecule has 1 aliphatic rings. The zero-order valence-electron chi connectivity index (χ0n) is 16.4. The summed E-state index contributed by atoms with van der Waals surface area (Å²) in [5.41, 5.74) is 3.29. The van der Waals surface area contributed by atoms with E-state index in [0.717, 1.165) is 16.8 Å². The molecule has 0 unspecified atom stereocenters. The number of carbonyl (C=O) groups is 2. The summed E-state index contributed by atoms with van der Waals surface area (Å²) in [5, 5.41) is 2.93. The fourth-order valence-corrected chi connectivity index (χ4v) is 3.22. The molecule has 0 spiro atoms. The normalized spacial score (nSPS) is 13.1. The molecular weight excluding hydrogens is 354 g/mol. The molecule has 0 atom stereocenters. The number of nitrogens with zero attached hydrogens (tertiary/aromatic N) is 2. The van der Waals surface area contributed by atoms with E-state index in [-0.39, 0.29) is 11.8 Å². The van der Waals surface area contributed by atoms with Crippen molar-refractivity contribution in [2.24, 2.45) is 0 Å². The summed E-state index contributed by atoms with van der Waals surface area (Å²) >= 11 is 0. The SMILES string of the molecule is COc1ccccc1C(=O)N1Cc2cccc(NC(=O)/C=C/CN(C)C)c2C1. The molecule has 1 N–H and O–H groups in total. The first kappa shape index (κ1) is 19.6. The summed E-state index contributed by atoms with van der Waals surface area (Å²) < 4.78 is 5.32. The van der Waals surface area contributed by atoms with Crippen LogP contribution in [0.3, 0.4) is 0 Å². The van der Waals surface area contributed by atoms with Gasteiger partial charge in [0.15, 0.2) is 0 Å². The molecule has 2 aromatic rings. The number of hydrogen-bond donors (Lipinski definition) is 1. The van der Waals surface area contributed by atoms with Crippen LogP contribution in [0.4, 0.5) is 5.69 Å². The molecule has 2 aromatic carbocycles. The van der Waals surface area contributed by atoms with Crippen molar-refractivity contribution >= 4 is 17.5 Å². The first-order valence-electron chi connectivity index (χ1n) is 9.15. The topological polar surface area (TPSA) is 61.9 Å². The van der Waals surface area contributed by atoms with Crippen LogP contribution in [0.15, 0.2) is 54.6 Å². The molecule has 0 aliphatic carbocycles. The Hall–Kier alpha value is -3.12. The predicted octanol–water partition coefficient (Wildman–Crippen LogP) is 2.91. The smallest absolute Gasteiger partial charge is 0.258 e. The van der Waals surface area contributed by atoms with Crippen LogP contribution in [-0.2, 0) is 17.9 Å². The lowest BCUT2D eigenvalue weighted by Crippen LogP contribution is -2.25. The third-order valence-corrected chi connectivity index (χ3v) is 4.61. The Morgan fingerprint density at radius 3 is 2.68 bits per heavy atom.